The minimum absolute atomic E-state index is 0.164. The zero-order chi connectivity index (χ0) is 22.3. The molecule has 31 heavy (non-hydrogen) atoms. The number of nitrogens with zero attached hydrogens (tertiary/aromatic N) is 1. The first kappa shape index (κ1) is 23.1. The Morgan fingerprint density at radius 2 is 1.52 bits per heavy atom. The van der Waals surface area contributed by atoms with Crippen molar-refractivity contribution in [3.8, 4) is 11.5 Å². The van der Waals surface area contributed by atoms with Gasteiger partial charge in [0.15, 0.2) is 0 Å². The van der Waals surface area contributed by atoms with Gasteiger partial charge < -0.3 is 14.2 Å². The van der Waals surface area contributed by atoms with Crippen molar-refractivity contribution in [2.24, 2.45) is 5.92 Å². The first-order valence-electron chi connectivity index (χ1n) is 10.5. The molecule has 168 valence electrons. The predicted molar refractivity (Wildman–Crippen MR) is 117 cm³/mol. The second-order valence-electron chi connectivity index (χ2n) is 7.41. The maximum atomic E-state index is 12.9. The number of rotatable bonds is 9. The summed E-state index contributed by atoms with van der Waals surface area (Å²) in [7, 11) is -3.59. The van der Waals surface area contributed by atoms with Crippen molar-refractivity contribution in [1.29, 1.82) is 0 Å². The Labute approximate surface area is 184 Å². The van der Waals surface area contributed by atoms with Crippen LogP contribution in [0.2, 0.25) is 0 Å². The van der Waals surface area contributed by atoms with E-state index in [0.717, 1.165) is 11.3 Å². The summed E-state index contributed by atoms with van der Waals surface area (Å²) in [6.45, 7) is 5.41. The quantitative estimate of drug-likeness (QED) is 0.433. The third-order valence-corrected chi connectivity index (χ3v) is 7.09. The molecule has 0 N–H and O–H groups in total. The number of piperidine rings is 1. The Morgan fingerprint density at radius 3 is 2.13 bits per heavy atom. The predicted octanol–water partition coefficient (Wildman–Crippen LogP) is 3.42. The Balaban J connectivity index is 1.43. The number of aryl methyl sites for hydroxylation is 1. The van der Waals surface area contributed by atoms with Crippen molar-refractivity contribution in [3.63, 3.8) is 0 Å². The van der Waals surface area contributed by atoms with E-state index in [-0.39, 0.29) is 43.1 Å². The summed E-state index contributed by atoms with van der Waals surface area (Å²) in [4.78, 5) is 12.5. The molecule has 0 bridgehead atoms. The molecule has 0 aromatic heterocycles. The van der Waals surface area contributed by atoms with Crippen LogP contribution in [-0.2, 0) is 19.6 Å². The fourth-order valence-electron chi connectivity index (χ4n) is 3.41. The summed E-state index contributed by atoms with van der Waals surface area (Å²) in [5.74, 6) is 0.764. The third-order valence-electron chi connectivity index (χ3n) is 5.18. The molecule has 2 aromatic rings. The highest BCUT2D eigenvalue weighted by Crippen LogP contribution is 2.26. The highest BCUT2D eigenvalue weighted by Gasteiger charge is 2.32. The standard InChI is InChI=1S/C23H29NO6S/c1-3-28-20-8-10-22(11-9-20)31(26,27)24-14-12-19(13-15-24)23(25)30-17-16-29-21-6-4-18(2)5-7-21/h4-11,19H,3,12-17H2,1-2H3. The van der Waals surface area contributed by atoms with Crippen molar-refractivity contribution in [1.82, 2.24) is 4.31 Å². The van der Waals surface area contributed by atoms with Gasteiger partial charge in [0, 0.05) is 13.1 Å². The molecule has 1 fully saturated rings. The number of ether oxygens (including phenoxy) is 3. The van der Waals surface area contributed by atoms with E-state index >= 15 is 0 Å². The third kappa shape index (κ3) is 6.21. The van der Waals surface area contributed by atoms with Crippen molar-refractivity contribution < 1.29 is 27.4 Å². The lowest BCUT2D eigenvalue weighted by atomic mass is 9.98. The lowest BCUT2D eigenvalue weighted by Crippen LogP contribution is -2.40. The first-order chi connectivity index (χ1) is 14.9. The zero-order valence-electron chi connectivity index (χ0n) is 18.0. The number of hydrogen-bond donors (Lipinski definition) is 0. The van der Waals surface area contributed by atoms with Crippen LogP contribution >= 0.6 is 0 Å². The zero-order valence-corrected chi connectivity index (χ0v) is 18.8. The minimum Gasteiger partial charge on any atom is -0.494 e. The normalized spacial score (nSPS) is 15.4. The lowest BCUT2D eigenvalue weighted by molar-refractivity contribution is -0.150. The van der Waals surface area contributed by atoms with E-state index in [9.17, 15) is 13.2 Å². The fraction of sp³-hybridized carbons (Fsp3) is 0.435. The maximum absolute atomic E-state index is 12.9. The minimum atomic E-state index is -3.59. The molecule has 0 saturated carbocycles. The van der Waals surface area contributed by atoms with Gasteiger partial charge in [0.25, 0.3) is 0 Å². The van der Waals surface area contributed by atoms with Crippen molar-refractivity contribution in [3.05, 3.63) is 54.1 Å². The van der Waals surface area contributed by atoms with Crippen LogP contribution in [-0.4, -0.2) is 51.6 Å². The van der Waals surface area contributed by atoms with Gasteiger partial charge >= 0.3 is 5.97 Å². The smallest absolute Gasteiger partial charge is 0.309 e. The van der Waals surface area contributed by atoms with Crippen LogP contribution in [0.4, 0.5) is 0 Å². The second-order valence-corrected chi connectivity index (χ2v) is 9.35. The van der Waals surface area contributed by atoms with E-state index in [0.29, 0.717) is 25.2 Å². The van der Waals surface area contributed by atoms with E-state index in [4.69, 9.17) is 14.2 Å². The number of hydrogen-bond acceptors (Lipinski definition) is 6. The molecule has 8 heteroatoms. The van der Waals surface area contributed by atoms with Gasteiger partial charge in [-0.3, -0.25) is 4.79 Å². The molecule has 0 radical (unpaired) electrons. The largest absolute Gasteiger partial charge is 0.494 e. The molecule has 2 aromatic carbocycles. The van der Waals surface area contributed by atoms with Crippen LogP contribution in [0, 0.1) is 12.8 Å². The van der Waals surface area contributed by atoms with E-state index in [2.05, 4.69) is 0 Å². The number of carbonyl (C=O) groups is 1. The summed E-state index contributed by atoms with van der Waals surface area (Å²) in [6, 6.07) is 14.1. The van der Waals surface area contributed by atoms with Crippen molar-refractivity contribution >= 4 is 16.0 Å². The topological polar surface area (TPSA) is 82.1 Å². The molecule has 0 unspecified atom stereocenters. The molecule has 7 nitrogen and oxygen atoms in total. The van der Waals surface area contributed by atoms with Gasteiger partial charge in [0.1, 0.15) is 24.7 Å². The van der Waals surface area contributed by atoms with E-state index in [1.165, 1.54) is 4.31 Å². The Hall–Kier alpha value is -2.58. The second kappa shape index (κ2) is 10.6. The van der Waals surface area contributed by atoms with E-state index in [1.807, 2.05) is 38.1 Å². The maximum Gasteiger partial charge on any atom is 0.309 e. The van der Waals surface area contributed by atoms with E-state index in [1.54, 1.807) is 24.3 Å². The fourth-order valence-corrected chi connectivity index (χ4v) is 4.88. The Bertz CT molecular complexity index is 949. The van der Waals surface area contributed by atoms with Gasteiger partial charge in [-0.15, -0.1) is 0 Å². The Morgan fingerprint density at radius 1 is 0.935 bits per heavy atom. The first-order valence-corrected chi connectivity index (χ1v) is 11.9. The van der Waals surface area contributed by atoms with Gasteiger partial charge in [-0.1, -0.05) is 17.7 Å². The Kier molecular flexibility index (Phi) is 7.92. The molecular formula is C23H29NO6S. The highest BCUT2D eigenvalue weighted by molar-refractivity contribution is 7.89. The van der Waals surface area contributed by atoms with Gasteiger partial charge in [-0.2, -0.15) is 4.31 Å². The van der Waals surface area contributed by atoms with Gasteiger partial charge in [-0.05, 0) is 63.1 Å². The summed E-state index contributed by atoms with van der Waals surface area (Å²) < 4.78 is 43.4. The number of esters is 1. The molecule has 1 saturated heterocycles. The molecule has 1 aliphatic heterocycles. The van der Waals surface area contributed by atoms with Crippen LogP contribution in [0.3, 0.4) is 0 Å². The van der Waals surface area contributed by atoms with Crippen LogP contribution in [0.5, 0.6) is 11.5 Å². The molecule has 0 aliphatic carbocycles. The van der Waals surface area contributed by atoms with E-state index < -0.39 is 10.0 Å². The van der Waals surface area contributed by atoms with Crippen molar-refractivity contribution in [2.75, 3.05) is 32.9 Å². The molecule has 3 rings (SSSR count). The summed E-state index contributed by atoms with van der Waals surface area (Å²) in [5, 5.41) is 0. The SMILES string of the molecule is CCOc1ccc(S(=O)(=O)N2CCC(C(=O)OCCOc3ccc(C)cc3)CC2)cc1. The highest BCUT2D eigenvalue weighted by atomic mass is 32.2. The molecular weight excluding hydrogens is 418 g/mol. The monoisotopic (exact) mass is 447 g/mol. The van der Waals surface area contributed by atoms with Crippen LogP contribution in [0.15, 0.2) is 53.4 Å². The summed E-state index contributed by atoms with van der Waals surface area (Å²) >= 11 is 0. The van der Waals surface area contributed by atoms with Gasteiger partial charge in [-0.25, -0.2) is 8.42 Å². The average molecular weight is 448 g/mol. The molecule has 1 aliphatic rings. The van der Waals surface area contributed by atoms with Gasteiger partial charge in [0.05, 0.1) is 17.4 Å². The summed E-state index contributed by atoms with van der Waals surface area (Å²) in [5.41, 5.74) is 1.15. The average Bonchev–Trinajstić information content (AvgIpc) is 2.78. The van der Waals surface area contributed by atoms with Crippen LogP contribution in [0.25, 0.3) is 0 Å². The van der Waals surface area contributed by atoms with Gasteiger partial charge in [0.2, 0.25) is 10.0 Å². The van der Waals surface area contributed by atoms with Crippen LogP contribution in [0.1, 0.15) is 25.3 Å². The number of carbonyl (C=O) groups excluding carboxylic acids is 1. The lowest BCUT2D eigenvalue weighted by Gasteiger charge is -2.30. The number of benzene rings is 2. The molecule has 0 amide bonds. The molecule has 1 heterocycles. The summed E-state index contributed by atoms with van der Waals surface area (Å²) in [6.07, 6.45) is 0.877. The molecule has 0 spiro atoms. The molecule has 0 atom stereocenters. The number of sulfonamides is 1. The van der Waals surface area contributed by atoms with Crippen LogP contribution < -0.4 is 9.47 Å². The van der Waals surface area contributed by atoms with Crippen molar-refractivity contribution in [2.45, 2.75) is 31.6 Å².